The molecule has 0 unspecified atom stereocenters. The van der Waals surface area contributed by atoms with Crippen LogP contribution >= 0.6 is 0 Å². The van der Waals surface area contributed by atoms with Gasteiger partial charge in [-0.1, -0.05) is 32.0 Å². The van der Waals surface area contributed by atoms with Crippen LogP contribution in [0.15, 0.2) is 55.0 Å². The highest BCUT2D eigenvalue weighted by molar-refractivity contribution is 5.52. The van der Waals surface area contributed by atoms with E-state index in [1.165, 1.54) is 0 Å². The average Bonchev–Trinajstić information content (AvgIpc) is 3.15. The molecule has 2 heterocycles. The summed E-state index contributed by atoms with van der Waals surface area (Å²) < 4.78 is 1.74. The molecule has 0 bridgehead atoms. The second-order valence-corrected chi connectivity index (χ2v) is 5.86. The molecule has 0 aliphatic carbocycles. The number of hydrogen-bond donors (Lipinski definition) is 2. The Balaban J connectivity index is 1.63. The zero-order valence-corrected chi connectivity index (χ0v) is 15.3. The second kappa shape index (κ2) is 8.96. The fraction of sp³-hybridized carbons (Fsp3) is 0.316. The van der Waals surface area contributed by atoms with E-state index < -0.39 is 0 Å². The minimum atomic E-state index is 0.559. The highest BCUT2D eigenvalue weighted by atomic mass is 15.4. The molecule has 26 heavy (non-hydrogen) atoms. The van der Waals surface area contributed by atoms with Crippen LogP contribution in [0.5, 0.6) is 0 Å². The molecule has 0 saturated carbocycles. The SMILES string of the molecule is CCN(CC)CCNc1cc(-n2cnc(Nc3ccccc3)n2)ccn1. The van der Waals surface area contributed by atoms with Gasteiger partial charge in [-0.2, -0.15) is 4.98 Å². The van der Waals surface area contributed by atoms with E-state index in [0.29, 0.717) is 5.95 Å². The summed E-state index contributed by atoms with van der Waals surface area (Å²) in [5, 5.41) is 11.0. The third-order valence-corrected chi connectivity index (χ3v) is 4.16. The van der Waals surface area contributed by atoms with Gasteiger partial charge in [-0.05, 0) is 31.3 Å². The molecule has 0 saturated heterocycles. The van der Waals surface area contributed by atoms with Crippen LogP contribution in [0, 0.1) is 0 Å². The maximum absolute atomic E-state index is 4.48. The maximum atomic E-state index is 4.48. The average molecular weight is 351 g/mol. The normalized spacial score (nSPS) is 10.9. The summed E-state index contributed by atoms with van der Waals surface area (Å²) in [6.07, 6.45) is 3.47. The topological polar surface area (TPSA) is 70.9 Å². The molecule has 3 aromatic rings. The Morgan fingerprint density at radius 1 is 1.04 bits per heavy atom. The van der Waals surface area contributed by atoms with E-state index in [2.05, 4.69) is 44.4 Å². The number of anilines is 3. The van der Waals surface area contributed by atoms with Crippen LogP contribution in [0.3, 0.4) is 0 Å². The Bertz CT molecular complexity index is 796. The van der Waals surface area contributed by atoms with Crippen molar-refractivity contribution in [2.45, 2.75) is 13.8 Å². The van der Waals surface area contributed by atoms with E-state index in [9.17, 15) is 0 Å². The molecule has 136 valence electrons. The third-order valence-electron chi connectivity index (χ3n) is 4.16. The van der Waals surface area contributed by atoms with Crippen molar-refractivity contribution in [1.29, 1.82) is 0 Å². The zero-order chi connectivity index (χ0) is 18.2. The Kier molecular flexibility index (Phi) is 6.16. The number of para-hydroxylation sites is 1. The zero-order valence-electron chi connectivity index (χ0n) is 15.3. The van der Waals surface area contributed by atoms with Gasteiger partial charge >= 0.3 is 0 Å². The number of likely N-dealkylation sites (N-methyl/N-ethyl adjacent to an activating group) is 1. The van der Waals surface area contributed by atoms with Gasteiger partial charge in [-0.15, -0.1) is 5.10 Å². The molecule has 0 atom stereocenters. The number of benzene rings is 1. The molecule has 7 heteroatoms. The van der Waals surface area contributed by atoms with Crippen molar-refractivity contribution in [3.8, 4) is 5.69 Å². The van der Waals surface area contributed by atoms with Gasteiger partial charge < -0.3 is 15.5 Å². The minimum absolute atomic E-state index is 0.559. The summed E-state index contributed by atoms with van der Waals surface area (Å²) >= 11 is 0. The van der Waals surface area contributed by atoms with E-state index in [1.807, 2.05) is 42.5 Å². The highest BCUT2D eigenvalue weighted by Crippen LogP contribution is 2.14. The van der Waals surface area contributed by atoms with Crippen LogP contribution in [-0.2, 0) is 0 Å². The number of aromatic nitrogens is 4. The molecular formula is C19H25N7. The second-order valence-electron chi connectivity index (χ2n) is 5.86. The van der Waals surface area contributed by atoms with Crippen LogP contribution in [-0.4, -0.2) is 50.8 Å². The first-order chi connectivity index (χ1) is 12.8. The van der Waals surface area contributed by atoms with Gasteiger partial charge in [-0.25, -0.2) is 9.67 Å². The Morgan fingerprint density at radius 3 is 2.62 bits per heavy atom. The lowest BCUT2D eigenvalue weighted by Gasteiger charge is -2.18. The predicted octanol–water partition coefficient (Wildman–Crippen LogP) is 3.16. The van der Waals surface area contributed by atoms with Gasteiger partial charge in [0.15, 0.2) is 0 Å². The highest BCUT2D eigenvalue weighted by Gasteiger charge is 2.05. The largest absolute Gasteiger partial charge is 0.369 e. The Hall–Kier alpha value is -2.93. The minimum Gasteiger partial charge on any atom is -0.369 e. The summed E-state index contributed by atoms with van der Waals surface area (Å²) in [6.45, 7) is 8.32. The summed E-state index contributed by atoms with van der Waals surface area (Å²) in [4.78, 5) is 11.1. The first-order valence-electron chi connectivity index (χ1n) is 8.95. The fourth-order valence-electron chi connectivity index (χ4n) is 2.64. The lowest BCUT2D eigenvalue weighted by Crippen LogP contribution is -2.28. The molecule has 3 rings (SSSR count). The van der Waals surface area contributed by atoms with Crippen LogP contribution in [0.4, 0.5) is 17.5 Å². The molecule has 0 aliphatic rings. The van der Waals surface area contributed by atoms with Crippen LogP contribution in [0.25, 0.3) is 5.69 Å². The molecule has 2 aromatic heterocycles. The van der Waals surface area contributed by atoms with Crippen molar-refractivity contribution in [3.05, 3.63) is 55.0 Å². The Morgan fingerprint density at radius 2 is 1.85 bits per heavy atom. The van der Waals surface area contributed by atoms with E-state index in [0.717, 1.165) is 43.4 Å². The summed E-state index contributed by atoms with van der Waals surface area (Å²) in [7, 11) is 0. The summed E-state index contributed by atoms with van der Waals surface area (Å²) in [6, 6.07) is 13.8. The lowest BCUT2D eigenvalue weighted by molar-refractivity contribution is 0.316. The van der Waals surface area contributed by atoms with Gasteiger partial charge in [0.05, 0.1) is 5.69 Å². The first kappa shape index (κ1) is 17.9. The van der Waals surface area contributed by atoms with Crippen molar-refractivity contribution < 1.29 is 0 Å². The molecule has 0 amide bonds. The number of pyridine rings is 1. The van der Waals surface area contributed by atoms with Gasteiger partial charge in [0.2, 0.25) is 5.95 Å². The van der Waals surface area contributed by atoms with Crippen molar-refractivity contribution in [1.82, 2.24) is 24.6 Å². The van der Waals surface area contributed by atoms with Crippen molar-refractivity contribution in [2.75, 3.05) is 36.8 Å². The van der Waals surface area contributed by atoms with E-state index in [-0.39, 0.29) is 0 Å². The standard InChI is InChI=1S/C19H25N7/c1-3-25(4-2)13-12-21-18-14-17(10-11-20-18)26-15-22-19(24-26)23-16-8-6-5-7-9-16/h5-11,14-15H,3-4,12-13H2,1-2H3,(H,20,21)(H,23,24). The number of hydrogen-bond acceptors (Lipinski definition) is 6. The van der Waals surface area contributed by atoms with Gasteiger partial charge in [-0.3, -0.25) is 0 Å². The Labute approximate surface area is 154 Å². The monoisotopic (exact) mass is 351 g/mol. The van der Waals surface area contributed by atoms with Crippen molar-refractivity contribution in [2.24, 2.45) is 0 Å². The van der Waals surface area contributed by atoms with Gasteiger partial charge in [0.25, 0.3) is 0 Å². The van der Waals surface area contributed by atoms with Crippen LogP contribution in [0.1, 0.15) is 13.8 Å². The summed E-state index contributed by atoms with van der Waals surface area (Å²) in [5.41, 5.74) is 1.87. The molecule has 0 fully saturated rings. The lowest BCUT2D eigenvalue weighted by atomic mass is 10.3. The molecule has 2 N–H and O–H groups in total. The van der Waals surface area contributed by atoms with Crippen molar-refractivity contribution in [3.63, 3.8) is 0 Å². The van der Waals surface area contributed by atoms with Crippen LogP contribution in [0.2, 0.25) is 0 Å². The van der Waals surface area contributed by atoms with Gasteiger partial charge in [0, 0.05) is 31.0 Å². The first-order valence-corrected chi connectivity index (χ1v) is 8.95. The fourth-order valence-corrected chi connectivity index (χ4v) is 2.64. The molecule has 1 aromatic carbocycles. The number of rotatable bonds is 9. The van der Waals surface area contributed by atoms with E-state index in [1.54, 1.807) is 17.2 Å². The number of nitrogens with zero attached hydrogens (tertiary/aromatic N) is 5. The molecule has 0 aliphatic heterocycles. The smallest absolute Gasteiger partial charge is 0.246 e. The third kappa shape index (κ3) is 4.80. The van der Waals surface area contributed by atoms with Gasteiger partial charge in [0.1, 0.15) is 12.1 Å². The van der Waals surface area contributed by atoms with E-state index in [4.69, 9.17) is 0 Å². The predicted molar refractivity (Wildman–Crippen MR) is 105 cm³/mol. The molecule has 7 nitrogen and oxygen atoms in total. The van der Waals surface area contributed by atoms with Crippen molar-refractivity contribution >= 4 is 17.5 Å². The number of nitrogens with one attached hydrogen (secondary N) is 2. The molecule has 0 spiro atoms. The maximum Gasteiger partial charge on any atom is 0.246 e. The quantitative estimate of drug-likeness (QED) is 0.617. The summed E-state index contributed by atoms with van der Waals surface area (Å²) in [5.74, 6) is 1.40. The molecular weight excluding hydrogens is 326 g/mol. The molecule has 0 radical (unpaired) electrons. The van der Waals surface area contributed by atoms with Crippen LogP contribution < -0.4 is 10.6 Å². The van der Waals surface area contributed by atoms with E-state index >= 15 is 0 Å².